The lowest BCUT2D eigenvalue weighted by Gasteiger charge is -2.56. The topological polar surface area (TPSA) is 80.9 Å². The summed E-state index contributed by atoms with van der Waals surface area (Å²) in [5.74, 6) is 0.320. The molecule has 122 valence electrons. The second-order valence-electron chi connectivity index (χ2n) is 7.52. The van der Waals surface area contributed by atoms with Gasteiger partial charge in [0.15, 0.2) is 0 Å². The number of benzene rings is 1. The van der Waals surface area contributed by atoms with E-state index in [1.54, 1.807) is 6.07 Å². The van der Waals surface area contributed by atoms with Gasteiger partial charge < -0.3 is 20.4 Å². The minimum absolute atomic E-state index is 0.0234. The second kappa shape index (κ2) is 5.22. The summed E-state index contributed by atoms with van der Waals surface area (Å²) >= 11 is 0. The van der Waals surface area contributed by atoms with Crippen LogP contribution in [0.1, 0.15) is 49.8 Å². The number of aromatic hydroxyl groups is 1. The zero-order chi connectivity index (χ0) is 16.1. The molecule has 4 atom stereocenters. The van der Waals surface area contributed by atoms with Crippen molar-refractivity contribution in [3.8, 4) is 5.75 Å². The van der Waals surface area contributed by atoms with Crippen molar-refractivity contribution in [2.75, 3.05) is 6.61 Å². The van der Waals surface area contributed by atoms with Crippen LogP contribution < -0.4 is 0 Å². The van der Waals surface area contributed by atoms with E-state index in [2.05, 4.69) is 6.92 Å². The number of hydrogen-bond acceptors (Lipinski definition) is 4. The van der Waals surface area contributed by atoms with Gasteiger partial charge in [-0.25, -0.2) is 0 Å². The van der Waals surface area contributed by atoms with Crippen molar-refractivity contribution in [3.63, 3.8) is 0 Å². The van der Waals surface area contributed by atoms with Crippen LogP contribution in [0.3, 0.4) is 0 Å². The molecule has 2 aliphatic carbocycles. The van der Waals surface area contributed by atoms with Gasteiger partial charge >= 0.3 is 0 Å². The van der Waals surface area contributed by atoms with Crippen molar-refractivity contribution in [2.24, 2.45) is 11.3 Å². The number of phenols is 1. The van der Waals surface area contributed by atoms with Crippen LogP contribution in [0.25, 0.3) is 0 Å². The average molecular weight is 306 g/mol. The number of hydrogen-bond donors (Lipinski definition) is 4. The van der Waals surface area contributed by atoms with Crippen molar-refractivity contribution in [1.82, 2.24) is 0 Å². The van der Waals surface area contributed by atoms with Crippen LogP contribution in [0.2, 0.25) is 0 Å². The molecule has 0 bridgehead atoms. The van der Waals surface area contributed by atoms with Crippen molar-refractivity contribution in [3.05, 3.63) is 28.8 Å². The Morgan fingerprint density at radius 2 is 1.91 bits per heavy atom. The fraction of sp³-hybridized carbons (Fsp3) is 0.667. The van der Waals surface area contributed by atoms with E-state index in [0.29, 0.717) is 12.0 Å². The van der Waals surface area contributed by atoms with Gasteiger partial charge in [-0.1, -0.05) is 13.8 Å². The molecule has 0 radical (unpaired) electrons. The fourth-order valence-corrected chi connectivity index (χ4v) is 4.94. The van der Waals surface area contributed by atoms with Gasteiger partial charge in [0.1, 0.15) is 5.75 Å². The Morgan fingerprint density at radius 3 is 2.55 bits per heavy atom. The molecule has 0 amide bonds. The SMILES string of the molecule is C[C@@]1(CO)[C@H](O)CC[C@]2(C)c3cc(O)c(CO)cc3CC[C@@H]12. The third-order valence-corrected chi connectivity index (χ3v) is 6.40. The quantitative estimate of drug-likeness (QED) is 0.672. The number of fused-ring (bicyclic) bond motifs is 3. The van der Waals surface area contributed by atoms with E-state index in [0.717, 1.165) is 24.8 Å². The Hall–Kier alpha value is -1.10. The van der Waals surface area contributed by atoms with Crippen LogP contribution in [0.4, 0.5) is 0 Å². The monoisotopic (exact) mass is 306 g/mol. The van der Waals surface area contributed by atoms with Crippen molar-refractivity contribution in [1.29, 1.82) is 0 Å². The zero-order valence-electron chi connectivity index (χ0n) is 13.3. The van der Waals surface area contributed by atoms with Crippen LogP contribution in [-0.2, 0) is 18.4 Å². The summed E-state index contributed by atoms with van der Waals surface area (Å²) in [5, 5.41) is 39.8. The summed E-state index contributed by atoms with van der Waals surface area (Å²) in [7, 11) is 0. The molecule has 0 aliphatic heterocycles. The summed E-state index contributed by atoms with van der Waals surface area (Å²) < 4.78 is 0. The van der Waals surface area contributed by atoms with Crippen LogP contribution >= 0.6 is 0 Å². The van der Waals surface area contributed by atoms with Crippen LogP contribution in [0.5, 0.6) is 5.75 Å². The van der Waals surface area contributed by atoms with Gasteiger partial charge in [-0.2, -0.15) is 0 Å². The van der Waals surface area contributed by atoms with E-state index in [1.807, 2.05) is 13.0 Å². The molecule has 4 heteroatoms. The van der Waals surface area contributed by atoms with Gasteiger partial charge in [-0.15, -0.1) is 0 Å². The van der Waals surface area contributed by atoms with Gasteiger partial charge in [0.05, 0.1) is 19.3 Å². The molecule has 3 rings (SSSR count). The first-order valence-corrected chi connectivity index (χ1v) is 8.12. The Labute approximate surface area is 131 Å². The Kier molecular flexibility index (Phi) is 3.75. The Bertz CT molecular complexity index is 585. The van der Waals surface area contributed by atoms with E-state index < -0.39 is 11.5 Å². The summed E-state index contributed by atoms with van der Waals surface area (Å²) in [4.78, 5) is 0. The maximum absolute atomic E-state index is 10.4. The molecule has 1 saturated carbocycles. The highest BCUT2D eigenvalue weighted by Gasteiger charge is 2.55. The summed E-state index contributed by atoms with van der Waals surface area (Å²) in [6, 6.07) is 3.70. The third-order valence-electron chi connectivity index (χ3n) is 6.40. The molecule has 0 unspecified atom stereocenters. The molecule has 2 aliphatic rings. The number of aliphatic hydroxyl groups excluding tert-OH is 3. The zero-order valence-corrected chi connectivity index (χ0v) is 13.3. The van der Waals surface area contributed by atoms with E-state index in [1.165, 1.54) is 5.56 Å². The van der Waals surface area contributed by atoms with Crippen LogP contribution in [-0.4, -0.2) is 33.1 Å². The van der Waals surface area contributed by atoms with Crippen molar-refractivity contribution < 1.29 is 20.4 Å². The summed E-state index contributed by atoms with van der Waals surface area (Å²) in [6.07, 6.45) is 2.78. The lowest BCUT2D eigenvalue weighted by Crippen LogP contribution is -2.56. The molecular formula is C18H26O4. The second-order valence-corrected chi connectivity index (χ2v) is 7.52. The molecule has 1 aromatic carbocycles. The molecule has 22 heavy (non-hydrogen) atoms. The van der Waals surface area contributed by atoms with Crippen LogP contribution in [0.15, 0.2) is 12.1 Å². The molecule has 0 spiro atoms. The fourth-order valence-electron chi connectivity index (χ4n) is 4.94. The van der Waals surface area contributed by atoms with E-state index in [4.69, 9.17) is 0 Å². The Balaban J connectivity index is 2.12. The van der Waals surface area contributed by atoms with Crippen molar-refractivity contribution >= 4 is 0 Å². The largest absolute Gasteiger partial charge is 0.508 e. The highest BCUT2D eigenvalue weighted by molar-refractivity contribution is 5.47. The average Bonchev–Trinajstić information content (AvgIpc) is 2.51. The van der Waals surface area contributed by atoms with Gasteiger partial charge in [-0.05, 0) is 60.3 Å². The smallest absolute Gasteiger partial charge is 0.121 e. The molecule has 1 fully saturated rings. The lowest BCUT2D eigenvalue weighted by atomic mass is 9.49. The minimum atomic E-state index is -0.504. The number of aryl methyl sites for hydroxylation is 1. The normalized spacial score (nSPS) is 37.5. The first-order valence-electron chi connectivity index (χ1n) is 8.12. The van der Waals surface area contributed by atoms with Gasteiger partial charge in [-0.3, -0.25) is 0 Å². The third kappa shape index (κ3) is 2.01. The summed E-state index contributed by atoms with van der Waals surface area (Å²) in [6.45, 7) is 3.98. The molecule has 4 N–H and O–H groups in total. The van der Waals surface area contributed by atoms with E-state index in [-0.39, 0.29) is 30.3 Å². The first kappa shape index (κ1) is 15.8. The molecule has 4 nitrogen and oxygen atoms in total. The number of aliphatic hydroxyl groups is 3. The van der Waals surface area contributed by atoms with Gasteiger partial charge in [0, 0.05) is 11.0 Å². The molecule has 1 aromatic rings. The van der Waals surface area contributed by atoms with E-state index >= 15 is 0 Å². The maximum Gasteiger partial charge on any atom is 0.121 e. The Morgan fingerprint density at radius 1 is 1.18 bits per heavy atom. The van der Waals surface area contributed by atoms with Crippen molar-refractivity contribution in [2.45, 2.75) is 57.7 Å². The van der Waals surface area contributed by atoms with Crippen LogP contribution in [0, 0.1) is 11.3 Å². The predicted molar refractivity (Wildman–Crippen MR) is 83.6 cm³/mol. The number of rotatable bonds is 2. The minimum Gasteiger partial charge on any atom is -0.508 e. The highest BCUT2D eigenvalue weighted by atomic mass is 16.3. The maximum atomic E-state index is 10.4. The first-order chi connectivity index (χ1) is 10.4. The molecule has 0 heterocycles. The standard InChI is InChI=1S/C18H26O4/c1-17-6-5-16(22)18(2,10-20)15(17)4-3-11-7-12(9-19)14(21)8-13(11)17/h7-8,15-16,19-22H,3-6,9-10H2,1-2H3/t15-,16-,17-,18+/m1/s1. The lowest BCUT2D eigenvalue weighted by molar-refractivity contribution is -0.110. The molecular weight excluding hydrogens is 280 g/mol. The van der Waals surface area contributed by atoms with E-state index in [9.17, 15) is 20.4 Å². The van der Waals surface area contributed by atoms with Gasteiger partial charge in [0.2, 0.25) is 0 Å². The highest BCUT2D eigenvalue weighted by Crippen LogP contribution is 2.57. The molecule has 0 aromatic heterocycles. The molecule has 0 saturated heterocycles. The van der Waals surface area contributed by atoms with Gasteiger partial charge in [0.25, 0.3) is 0 Å². The predicted octanol–water partition coefficient (Wildman–Crippen LogP) is 1.86. The summed E-state index contributed by atoms with van der Waals surface area (Å²) in [5.41, 5.74) is 2.20.